The molecule has 2 rings (SSSR count). The number of aliphatic imine (C=N–C) groups is 1. The minimum Gasteiger partial charge on any atom is -0.496 e. The Morgan fingerprint density at radius 3 is 2.17 bits per heavy atom. The number of ether oxygens (including phenoxy) is 3. The fraction of sp³-hybridized carbons (Fsp3) is 0.562. The zero-order chi connectivity index (χ0) is 15.9. The summed E-state index contributed by atoms with van der Waals surface area (Å²) < 4.78 is 16.2. The summed E-state index contributed by atoms with van der Waals surface area (Å²) >= 11 is 0. The van der Waals surface area contributed by atoms with Crippen LogP contribution in [0.25, 0.3) is 0 Å². The van der Waals surface area contributed by atoms with Gasteiger partial charge in [-0.1, -0.05) is 0 Å². The van der Waals surface area contributed by atoms with Crippen molar-refractivity contribution in [3.8, 4) is 17.2 Å². The lowest BCUT2D eigenvalue weighted by Crippen LogP contribution is -2.38. The summed E-state index contributed by atoms with van der Waals surface area (Å²) in [5.74, 6) is 2.94. The predicted octanol–water partition coefficient (Wildman–Crippen LogP) is 2.55. The van der Waals surface area contributed by atoms with Crippen LogP contribution in [-0.4, -0.2) is 39.9 Å². The molecule has 130 valence electrons. The molecule has 0 radical (unpaired) electrons. The average Bonchev–Trinajstić information content (AvgIpc) is 3.35. The number of guanidine groups is 1. The van der Waals surface area contributed by atoms with Gasteiger partial charge in [0.1, 0.15) is 17.2 Å². The van der Waals surface area contributed by atoms with Crippen molar-refractivity contribution < 1.29 is 14.2 Å². The number of hydrogen-bond donors (Lipinski definition) is 2. The van der Waals surface area contributed by atoms with Gasteiger partial charge in [-0.3, -0.25) is 0 Å². The molecule has 1 aliphatic rings. The number of benzene rings is 1. The number of rotatable bonds is 7. The van der Waals surface area contributed by atoms with Gasteiger partial charge in [0, 0.05) is 24.7 Å². The molecule has 1 fully saturated rings. The van der Waals surface area contributed by atoms with Crippen LogP contribution in [0.2, 0.25) is 0 Å². The summed E-state index contributed by atoms with van der Waals surface area (Å²) in [6, 6.07) is 4.24. The van der Waals surface area contributed by atoms with Crippen LogP contribution in [0.4, 0.5) is 0 Å². The van der Waals surface area contributed by atoms with E-state index in [9.17, 15) is 0 Å². The quantitative estimate of drug-likeness (QED) is 0.392. The molecule has 0 amide bonds. The first-order valence-corrected chi connectivity index (χ1v) is 7.55. The Kier molecular flexibility index (Phi) is 8.29. The van der Waals surface area contributed by atoms with E-state index in [0.717, 1.165) is 18.1 Å². The van der Waals surface area contributed by atoms with E-state index in [2.05, 4.69) is 22.5 Å². The number of halogens is 1. The molecule has 1 saturated carbocycles. The Balaban J connectivity index is 0.00000264. The van der Waals surface area contributed by atoms with Crippen LogP contribution in [0.5, 0.6) is 17.2 Å². The highest BCUT2D eigenvalue weighted by atomic mass is 127. The van der Waals surface area contributed by atoms with Gasteiger partial charge in [-0.25, -0.2) is 4.99 Å². The minimum atomic E-state index is 0. The third kappa shape index (κ3) is 5.63. The highest BCUT2D eigenvalue weighted by molar-refractivity contribution is 14.0. The normalized spacial score (nSPS) is 13.8. The maximum Gasteiger partial charge on any atom is 0.191 e. The smallest absolute Gasteiger partial charge is 0.191 e. The molecule has 0 bridgehead atoms. The van der Waals surface area contributed by atoms with E-state index < -0.39 is 0 Å². The molecule has 1 aromatic carbocycles. The Hall–Kier alpha value is -1.38. The minimum absolute atomic E-state index is 0. The van der Waals surface area contributed by atoms with Gasteiger partial charge in [0.15, 0.2) is 5.96 Å². The lowest BCUT2D eigenvalue weighted by molar-refractivity contribution is 0.369. The van der Waals surface area contributed by atoms with E-state index in [1.165, 1.54) is 12.8 Å². The van der Waals surface area contributed by atoms with Gasteiger partial charge in [-0.2, -0.15) is 0 Å². The van der Waals surface area contributed by atoms with E-state index in [0.29, 0.717) is 29.8 Å². The monoisotopic (exact) mass is 435 g/mol. The van der Waals surface area contributed by atoms with Gasteiger partial charge in [-0.15, -0.1) is 24.0 Å². The number of nitrogens with zero attached hydrogens (tertiary/aromatic N) is 1. The molecule has 0 heterocycles. The Bertz CT molecular complexity index is 508. The van der Waals surface area contributed by atoms with Gasteiger partial charge in [0.2, 0.25) is 0 Å². The molecule has 0 atom stereocenters. The predicted molar refractivity (Wildman–Crippen MR) is 102 cm³/mol. The van der Waals surface area contributed by atoms with Crippen molar-refractivity contribution in [2.75, 3.05) is 27.9 Å². The molecule has 1 aromatic rings. The molecule has 0 aliphatic heterocycles. The van der Waals surface area contributed by atoms with Crippen LogP contribution < -0.4 is 24.8 Å². The molecule has 7 heteroatoms. The van der Waals surface area contributed by atoms with Crippen LogP contribution in [0.3, 0.4) is 0 Å². The molecule has 1 aliphatic carbocycles. The van der Waals surface area contributed by atoms with Crippen molar-refractivity contribution in [3.63, 3.8) is 0 Å². The van der Waals surface area contributed by atoms with Gasteiger partial charge in [0.25, 0.3) is 0 Å². The SMILES string of the molecule is CCNC(=NCc1c(OC)cc(OC)cc1OC)NC1CC1.I. The lowest BCUT2D eigenvalue weighted by atomic mass is 10.1. The van der Waals surface area contributed by atoms with Gasteiger partial charge >= 0.3 is 0 Å². The van der Waals surface area contributed by atoms with Crippen molar-refractivity contribution in [2.45, 2.75) is 32.4 Å². The molecule has 23 heavy (non-hydrogen) atoms. The van der Waals surface area contributed by atoms with Crippen molar-refractivity contribution in [3.05, 3.63) is 17.7 Å². The molecular weight excluding hydrogens is 409 g/mol. The van der Waals surface area contributed by atoms with E-state index in [1.807, 2.05) is 12.1 Å². The summed E-state index contributed by atoms with van der Waals surface area (Å²) in [6.45, 7) is 3.35. The van der Waals surface area contributed by atoms with Gasteiger partial charge in [0.05, 0.1) is 33.4 Å². The Morgan fingerprint density at radius 2 is 1.74 bits per heavy atom. The topological polar surface area (TPSA) is 64.1 Å². The summed E-state index contributed by atoms with van der Waals surface area (Å²) in [7, 11) is 4.89. The van der Waals surface area contributed by atoms with E-state index in [1.54, 1.807) is 21.3 Å². The largest absolute Gasteiger partial charge is 0.496 e. The zero-order valence-electron chi connectivity index (χ0n) is 14.1. The maximum atomic E-state index is 5.45. The average molecular weight is 435 g/mol. The molecule has 0 spiro atoms. The van der Waals surface area contributed by atoms with Gasteiger partial charge < -0.3 is 24.8 Å². The summed E-state index contributed by atoms with van der Waals surface area (Å²) in [5, 5.41) is 6.65. The van der Waals surface area contributed by atoms with Crippen LogP contribution in [0.15, 0.2) is 17.1 Å². The lowest BCUT2D eigenvalue weighted by Gasteiger charge is -2.15. The zero-order valence-corrected chi connectivity index (χ0v) is 16.5. The van der Waals surface area contributed by atoms with Gasteiger partial charge in [-0.05, 0) is 19.8 Å². The van der Waals surface area contributed by atoms with Crippen molar-refractivity contribution in [2.24, 2.45) is 4.99 Å². The Morgan fingerprint density at radius 1 is 1.13 bits per heavy atom. The Labute approximate surface area is 155 Å². The molecule has 0 aromatic heterocycles. The van der Waals surface area contributed by atoms with Crippen LogP contribution in [0.1, 0.15) is 25.3 Å². The molecule has 0 saturated heterocycles. The summed E-state index contributed by atoms with van der Waals surface area (Å²) in [5.41, 5.74) is 0.902. The van der Waals surface area contributed by atoms with Crippen molar-refractivity contribution in [1.29, 1.82) is 0 Å². The van der Waals surface area contributed by atoms with Crippen LogP contribution in [-0.2, 0) is 6.54 Å². The molecular formula is C16H26IN3O3. The highest BCUT2D eigenvalue weighted by Crippen LogP contribution is 2.34. The number of methoxy groups -OCH3 is 3. The maximum absolute atomic E-state index is 5.45. The van der Waals surface area contributed by atoms with Crippen molar-refractivity contribution in [1.82, 2.24) is 10.6 Å². The molecule has 0 unspecified atom stereocenters. The molecule has 6 nitrogen and oxygen atoms in total. The van der Waals surface area contributed by atoms with E-state index in [-0.39, 0.29) is 24.0 Å². The number of nitrogens with one attached hydrogen (secondary N) is 2. The first-order chi connectivity index (χ1) is 10.7. The van der Waals surface area contributed by atoms with Crippen molar-refractivity contribution >= 4 is 29.9 Å². The number of hydrogen-bond acceptors (Lipinski definition) is 4. The second kappa shape index (κ2) is 9.69. The first-order valence-electron chi connectivity index (χ1n) is 7.55. The third-order valence-electron chi connectivity index (χ3n) is 3.47. The highest BCUT2D eigenvalue weighted by Gasteiger charge is 2.22. The summed E-state index contributed by atoms with van der Waals surface area (Å²) in [6.07, 6.45) is 2.42. The second-order valence-corrected chi connectivity index (χ2v) is 5.12. The fourth-order valence-corrected chi connectivity index (χ4v) is 2.13. The fourth-order valence-electron chi connectivity index (χ4n) is 2.13. The van der Waals surface area contributed by atoms with Crippen LogP contribution >= 0.6 is 24.0 Å². The van der Waals surface area contributed by atoms with E-state index in [4.69, 9.17) is 14.2 Å². The molecule has 2 N–H and O–H groups in total. The third-order valence-corrected chi connectivity index (χ3v) is 3.47. The second-order valence-electron chi connectivity index (χ2n) is 5.12. The summed E-state index contributed by atoms with van der Waals surface area (Å²) in [4.78, 5) is 4.63. The van der Waals surface area contributed by atoms with E-state index >= 15 is 0 Å². The van der Waals surface area contributed by atoms with Crippen LogP contribution in [0, 0.1) is 0 Å². The standard InChI is InChI=1S/C16H25N3O3.HI/c1-5-17-16(19-11-6-7-11)18-10-13-14(21-3)8-12(20-2)9-15(13)22-4;/h8-9,11H,5-7,10H2,1-4H3,(H2,17,18,19);1H. The first kappa shape index (κ1) is 19.7.